The van der Waals surface area contributed by atoms with Crippen molar-refractivity contribution < 1.29 is 22.4 Å². The van der Waals surface area contributed by atoms with E-state index in [2.05, 4.69) is 22.1 Å². The van der Waals surface area contributed by atoms with Crippen LogP contribution < -0.4 is 5.32 Å². The van der Waals surface area contributed by atoms with Crippen LogP contribution in [0.15, 0.2) is 18.2 Å². The summed E-state index contributed by atoms with van der Waals surface area (Å²) >= 11 is 1.20. The Morgan fingerprint density at radius 3 is 2.70 bits per heavy atom. The molecule has 1 saturated heterocycles. The number of benzene rings is 1. The van der Waals surface area contributed by atoms with Crippen molar-refractivity contribution in [1.82, 2.24) is 9.88 Å². The zero-order valence-corrected chi connectivity index (χ0v) is 15.7. The molecular formula is C18H19F4N3OS. The van der Waals surface area contributed by atoms with Gasteiger partial charge in [0, 0.05) is 30.0 Å². The SMILES string of the molecule is CC(=O)Nc1nc(-c2cc(F)cc(C(F)(F)F)c2)c(CN2CCCC2C)s1. The molecule has 1 fully saturated rings. The molecule has 1 atom stereocenters. The number of likely N-dealkylation sites (tertiary alicyclic amines) is 1. The number of carbonyl (C=O) groups is 1. The van der Waals surface area contributed by atoms with Gasteiger partial charge in [0.1, 0.15) is 5.82 Å². The van der Waals surface area contributed by atoms with E-state index in [1.54, 1.807) is 0 Å². The summed E-state index contributed by atoms with van der Waals surface area (Å²) in [5.41, 5.74) is -0.739. The molecule has 3 rings (SSSR count). The Hall–Kier alpha value is -2.00. The fourth-order valence-corrected chi connectivity index (χ4v) is 4.25. The van der Waals surface area contributed by atoms with Crippen LogP contribution >= 0.6 is 11.3 Å². The van der Waals surface area contributed by atoms with Crippen molar-refractivity contribution in [1.29, 1.82) is 0 Å². The van der Waals surface area contributed by atoms with E-state index in [-0.39, 0.29) is 22.3 Å². The molecule has 1 amide bonds. The van der Waals surface area contributed by atoms with Gasteiger partial charge in [0.15, 0.2) is 5.13 Å². The van der Waals surface area contributed by atoms with Crippen molar-refractivity contribution in [3.63, 3.8) is 0 Å². The van der Waals surface area contributed by atoms with Crippen LogP contribution in [0.4, 0.5) is 22.7 Å². The van der Waals surface area contributed by atoms with Gasteiger partial charge in [0.2, 0.25) is 5.91 Å². The summed E-state index contributed by atoms with van der Waals surface area (Å²) in [5, 5.41) is 2.85. The molecule has 0 radical (unpaired) electrons. The van der Waals surface area contributed by atoms with Gasteiger partial charge in [-0.15, -0.1) is 0 Å². The second-order valence-corrected chi connectivity index (χ2v) is 7.74. The third kappa shape index (κ3) is 4.65. The molecule has 1 unspecified atom stereocenters. The fraction of sp³-hybridized carbons (Fsp3) is 0.444. The highest BCUT2D eigenvalue weighted by Gasteiger charge is 2.32. The molecule has 1 aromatic heterocycles. The van der Waals surface area contributed by atoms with Gasteiger partial charge in [-0.2, -0.15) is 13.2 Å². The number of aromatic nitrogens is 1. The summed E-state index contributed by atoms with van der Waals surface area (Å²) in [6.07, 6.45) is -2.56. The predicted octanol–water partition coefficient (Wildman–Crippen LogP) is 4.91. The molecule has 2 heterocycles. The van der Waals surface area contributed by atoms with E-state index in [1.165, 1.54) is 18.3 Å². The molecule has 1 aliphatic heterocycles. The maximum Gasteiger partial charge on any atom is 0.416 e. The molecule has 27 heavy (non-hydrogen) atoms. The smallest absolute Gasteiger partial charge is 0.302 e. The molecule has 0 saturated carbocycles. The average Bonchev–Trinajstić information content (AvgIpc) is 3.12. The maximum absolute atomic E-state index is 13.9. The molecule has 2 aromatic rings. The third-order valence-electron chi connectivity index (χ3n) is 4.52. The molecule has 146 valence electrons. The van der Waals surface area contributed by atoms with Crippen LogP contribution in [0.3, 0.4) is 0 Å². The molecule has 1 N–H and O–H groups in total. The van der Waals surface area contributed by atoms with Crippen molar-refractivity contribution in [2.24, 2.45) is 0 Å². The summed E-state index contributed by atoms with van der Waals surface area (Å²) < 4.78 is 53.1. The molecule has 9 heteroatoms. The third-order valence-corrected chi connectivity index (χ3v) is 5.47. The van der Waals surface area contributed by atoms with Crippen molar-refractivity contribution >= 4 is 22.4 Å². The van der Waals surface area contributed by atoms with E-state index in [9.17, 15) is 22.4 Å². The Kier molecular flexibility index (Phi) is 5.53. The number of anilines is 1. The number of amides is 1. The van der Waals surface area contributed by atoms with Crippen LogP contribution in [-0.2, 0) is 17.5 Å². The average molecular weight is 401 g/mol. The van der Waals surface area contributed by atoms with Gasteiger partial charge in [-0.25, -0.2) is 9.37 Å². The number of thiazole rings is 1. The van der Waals surface area contributed by atoms with E-state index in [0.29, 0.717) is 23.5 Å². The number of alkyl halides is 3. The predicted molar refractivity (Wildman–Crippen MR) is 95.9 cm³/mol. The summed E-state index contributed by atoms with van der Waals surface area (Å²) in [6, 6.07) is 2.75. The number of nitrogens with zero attached hydrogens (tertiary/aromatic N) is 2. The summed E-state index contributed by atoms with van der Waals surface area (Å²) in [5.74, 6) is -1.30. The summed E-state index contributed by atoms with van der Waals surface area (Å²) in [4.78, 5) is 18.5. The Labute approximate surface area is 158 Å². The Balaban J connectivity index is 2.03. The molecule has 0 bridgehead atoms. The maximum atomic E-state index is 13.9. The van der Waals surface area contributed by atoms with Crippen LogP contribution in [0.1, 0.15) is 37.1 Å². The van der Waals surface area contributed by atoms with E-state index in [4.69, 9.17) is 0 Å². The van der Waals surface area contributed by atoms with Crippen LogP contribution in [0.5, 0.6) is 0 Å². The molecule has 1 aromatic carbocycles. The zero-order chi connectivity index (χ0) is 19.8. The van der Waals surface area contributed by atoms with Gasteiger partial charge in [0.25, 0.3) is 0 Å². The second kappa shape index (κ2) is 7.55. The number of rotatable bonds is 4. The highest BCUT2D eigenvalue weighted by Crippen LogP contribution is 2.37. The lowest BCUT2D eigenvalue weighted by Gasteiger charge is -2.20. The lowest BCUT2D eigenvalue weighted by molar-refractivity contribution is -0.137. The monoisotopic (exact) mass is 401 g/mol. The van der Waals surface area contributed by atoms with E-state index in [0.717, 1.165) is 31.5 Å². The summed E-state index contributed by atoms with van der Waals surface area (Å²) in [7, 11) is 0. The highest BCUT2D eigenvalue weighted by atomic mass is 32.1. The minimum atomic E-state index is -4.66. The number of carbonyl (C=O) groups excluding carboxylic acids is 1. The van der Waals surface area contributed by atoms with Gasteiger partial charge >= 0.3 is 6.18 Å². The Morgan fingerprint density at radius 2 is 2.11 bits per heavy atom. The van der Waals surface area contributed by atoms with E-state index >= 15 is 0 Å². The largest absolute Gasteiger partial charge is 0.416 e. The Bertz CT molecular complexity index is 850. The number of hydrogen-bond donors (Lipinski definition) is 1. The van der Waals surface area contributed by atoms with Crippen LogP contribution in [0, 0.1) is 5.82 Å². The highest BCUT2D eigenvalue weighted by molar-refractivity contribution is 7.16. The minimum Gasteiger partial charge on any atom is -0.302 e. The van der Waals surface area contributed by atoms with Crippen LogP contribution in [0.2, 0.25) is 0 Å². The first kappa shape index (κ1) is 19.8. The number of nitrogens with one attached hydrogen (secondary N) is 1. The molecular weight excluding hydrogens is 382 g/mol. The van der Waals surface area contributed by atoms with Crippen molar-refractivity contribution in [2.45, 2.75) is 45.5 Å². The normalized spacial score (nSPS) is 18.1. The van der Waals surface area contributed by atoms with Gasteiger partial charge in [-0.1, -0.05) is 11.3 Å². The van der Waals surface area contributed by atoms with Crippen molar-refractivity contribution in [2.75, 3.05) is 11.9 Å². The fourth-order valence-electron chi connectivity index (χ4n) is 3.19. The number of hydrogen-bond acceptors (Lipinski definition) is 4. The number of halogens is 4. The molecule has 0 aliphatic carbocycles. The van der Waals surface area contributed by atoms with E-state index in [1.807, 2.05) is 0 Å². The first-order valence-corrected chi connectivity index (χ1v) is 9.34. The molecule has 0 spiro atoms. The minimum absolute atomic E-state index is 0.0528. The van der Waals surface area contributed by atoms with Crippen molar-refractivity contribution in [3.05, 3.63) is 34.5 Å². The standard InChI is InChI=1S/C18H19F4N3OS/c1-10-4-3-5-25(10)9-15-16(24-17(27-15)23-11(2)26)12-6-13(18(20,21)22)8-14(19)7-12/h6-8,10H,3-5,9H2,1-2H3,(H,23,24,26). The van der Waals surface area contributed by atoms with Gasteiger partial charge in [-0.3, -0.25) is 9.69 Å². The zero-order valence-electron chi connectivity index (χ0n) is 14.9. The quantitative estimate of drug-likeness (QED) is 0.741. The first-order valence-electron chi connectivity index (χ1n) is 8.53. The second-order valence-electron chi connectivity index (χ2n) is 6.66. The van der Waals surface area contributed by atoms with Crippen molar-refractivity contribution in [3.8, 4) is 11.3 Å². The van der Waals surface area contributed by atoms with E-state index < -0.39 is 17.6 Å². The lowest BCUT2D eigenvalue weighted by atomic mass is 10.1. The molecule has 1 aliphatic rings. The van der Waals surface area contributed by atoms with Gasteiger partial charge < -0.3 is 5.32 Å². The Morgan fingerprint density at radius 1 is 1.37 bits per heavy atom. The van der Waals surface area contributed by atoms with Crippen LogP contribution in [-0.4, -0.2) is 28.4 Å². The first-order chi connectivity index (χ1) is 12.6. The molecule has 4 nitrogen and oxygen atoms in total. The van der Waals surface area contributed by atoms with Gasteiger partial charge in [0.05, 0.1) is 11.3 Å². The summed E-state index contributed by atoms with van der Waals surface area (Å²) in [6.45, 7) is 4.79. The van der Waals surface area contributed by atoms with Crippen LogP contribution in [0.25, 0.3) is 11.3 Å². The topological polar surface area (TPSA) is 45.2 Å². The van der Waals surface area contributed by atoms with Gasteiger partial charge in [-0.05, 0) is 44.5 Å². The lowest BCUT2D eigenvalue weighted by Crippen LogP contribution is -2.25.